The lowest BCUT2D eigenvalue weighted by molar-refractivity contribution is -0.380. The summed E-state index contributed by atoms with van der Waals surface area (Å²) in [4.78, 5) is 10.1. The number of hydrogen-bond donors (Lipinski definition) is 1. The van der Waals surface area contributed by atoms with E-state index in [1.54, 1.807) is 23.6 Å². The standard InChI is InChI=1S/C11H8Cl2N2O2S/c12-8-1-2-9(13)10(4-8)14-5-7-3-11(15(16)17)18-6-7/h1-4,6,14H,5H2. The van der Waals surface area contributed by atoms with Crippen LogP contribution in [0.3, 0.4) is 0 Å². The van der Waals surface area contributed by atoms with Gasteiger partial charge in [0.1, 0.15) is 0 Å². The number of rotatable bonds is 4. The Morgan fingerprint density at radius 1 is 1.33 bits per heavy atom. The van der Waals surface area contributed by atoms with Crippen molar-refractivity contribution < 1.29 is 4.92 Å². The zero-order valence-corrected chi connectivity index (χ0v) is 11.4. The number of anilines is 1. The Bertz CT molecular complexity index is 586. The summed E-state index contributed by atoms with van der Waals surface area (Å²) < 4.78 is 0. The maximum absolute atomic E-state index is 10.5. The molecule has 1 N–H and O–H groups in total. The molecule has 0 atom stereocenters. The summed E-state index contributed by atoms with van der Waals surface area (Å²) >= 11 is 13.0. The molecule has 0 saturated heterocycles. The molecule has 4 nitrogen and oxygen atoms in total. The molecule has 0 unspecified atom stereocenters. The quantitative estimate of drug-likeness (QED) is 0.664. The van der Waals surface area contributed by atoms with E-state index in [9.17, 15) is 10.1 Å². The van der Waals surface area contributed by atoms with Crippen molar-refractivity contribution in [2.45, 2.75) is 6.54 Å². The molecule has 0 fully saturated rings. The molecule has 0 spiro atoms. The van der Waals surface area contributed by atoms with E-state index in [-0.39, 0.29) is 5.00 Å². The molecule has 0 amide bonds. The molecule has 0 aliphatic heterocycles. The van der Waals surface area contributed by atoms with Crippen molar-refractivity contribution in [1.29, 1.82) is 0 Å². The first-order valence-electron chi connectivity index (χ1n) is 4.97. The summed E-state index contributed by atoms with van der Waals surface area (Å²) in [5.74, 6) is 0. The summed E-state index contributed by atoms with van der Waals surface area (Å²) in [6.45, 7) is 0.463. The predicted octanol–water partition coefficient (Wildman–Crippen LogP) is 4.58. The molecule has 0 radical (unpaired) electrons. The predicted molar refractivity (Wildman–Crippen MR) is 74.8 cm³/mol. The van der Waals surface area contributed by atoms with Crippen LogP contribution in [0.2, 0.25) is 10.0 Å². The molecule has 1 aromatic heterocycles. The van der Waals surface area contributed by atoms with Crippen molar-refractivity contribution in [2.75, 3.05) is 5.32 Å². The fraction of sp³-hybridized carbons (Fsp3) is 0.0909. The van der Waals surface area contributed by atoms with Crippen molar-refractivity contribution in [2.24, 2.45) is 0 Å². The van der Waals surface area contributed by atoms with E-state index in [0.717, 1.165) is 16.9 Å². The average molecular weight is 303 g/mol. The zero-order valence-electron chi connectivity index (χ0n) is 9.02. The molecule has 0 aliphatic carbocycles. The van der Waals surface area contributed by atoms with Crippen LogP contribution >= 0.6 is 34.5 Å². The first-order valence-corrected chi connectivity index (χ1v) is 6.60. The van der Waals surface area contributed by atoms with Crippen LogP contribution in [0.15, 0.2) is 29.6 Å². The number of hydrogen-bond acceptors (Lipinski definition) is 4. The summed E-state index contributed by atoms with van der Waals surface area (Å²) in [7, 11) is 0. The smallest absolute Gasteiger partial charge is 0.324 e. The molecule has 1 aromatic carbocycles. The van der Waals surface area contributed by atoms with Gasteiger partial charge in [0, 0.05) is 23.0 Å². The summed E-state index contributed by atoms with van der Waals surface area (Å²) in [6.07, 6.45) is 0. The number of benzene rings is 1. The van der Waals surface area contributed by atoms with E-state index in [0.29, 0.717) is 22.3 Å². The number of thiophene rings is 1. The van der Waals surface area contributed by atoms with E-state index < -0.39 is 4.92 Å². The SMILES string of the molecule is O=[N+]([O-])c1cc(CNc2cc(Cl)ccc2Cl)cs1. The minimum absolute atomic E-state index is 0.129. The maximum atomic E-state index is 10.5. The fourth-order valence-corrected chi connectivity index (χ4v) is 2.47. The second-order valence-corrected chi connectivity index (χ2v) is 5.26. The van der Waals surface area contributed by atoms with Gasteiger partial charge in [0.15, 0.2) is 0 Å². The van der Waals surface area contributed by atoms with E-state index in [2.05, 4.69) is 5.32 Å². The van der Waals surface area contributed by atoms with Gasteiger partial charge in [0.2, 0.25) is 0 Å². The van der Waals surface area contributed by atoms with Crippen molar-refractivity contribution in [3.05, 3.63) is 55.4 Å². The third-order valence-electron chi connectivity index (χ3n) is 2.23. The zero-order chi connectivity index (χ0) is 13.1. The van der Waals surface area contributed by atoms with Gasteiger partial charge in [-0.15, -0.1) is 0 Å². The van der Waals surface area contributed by atoms with Gasteiger partial charge in [-0.3, -0.25) is 10.1 Å². The lowest BCUT2D eigenvalue weighted by atomic mass is 10.3. The van der Waals surface area contributed by atoms with Crippen LogP contribution in [0.25, 0.3) is 0 Å². The normalized spacial score (nSPS) is 10.3. The van der Waals surface area contributed by atoms with Crippen molar-refractivity contribution >= 4 is 45.2 Å². The average Bonchev–Trinajstić information content (AvgIpc) is 2.79. The molecule has 18 heavy (non-hydrogen) atoms. The second-order valence-electron chi connectivity index (χ2n) is 3.53. The van der Waals surface area contributed by atoms with Crippen molar-refractivity contribution in [1.82, 2.24) is 0 Å². The molecule has 0 saturated carbocycles. The fourth-order valence-electron chi connectivity index (χ4n) is 1.38. The number of nitrogens with one attached hydrogen (secondary N) is 1. The van der Waals surface area contributed by atoms with Gasteiger partial charge in [0.05, 0.1) is 15.6 Å². The third kappa shape index (κ3) is 3.13. The molecule has 94 valence electrons. The third-order valence-corrected chi connectivity index (χ3v) is 3.72. The highest BCUT2D eigenvalue weighted by Crippen LogP contribution is 2.27. The molecular weight excluding hydrogens is 295 g/mol. The Kier molecular flexibility index (Phi) is 4.06. The van der Waals surface area contributed by atoms with Gasteiger partial charge in [-0.2, -0.15) is 0 Å². The Balaban J connectivity index is 2.06. The van der Waals surface area contributed by atoms with Crippen molar-refractivity contribution in [3.63, 3.8) is 0 Å². The van der Waals surface area contributed by atoms with Gasteiger partial charge in [-0.1, -0.05) is 34.5 Å². The van der Waals surface area contributed by atoms with Crippen LogP contribution in [-0.4, -0.2) is 4.92 Å². The van der Waals surface area contributed by atoms with Gasteiger partial charge >= 0.3 is 5.00 Å². The number of nitro groups is 1. The largest absolute Gasteiger partial charge is 0.380 e. The molecule has 7 heteroatoms. The van der Waals surface area contributed by atoms with E-state index >= 15 is 0 Å². The first kappa shape index (κ1) is 13.1. The van der Waals surface area contributed by atoms with Crippen LogP contribution in [0.1, 0.15) is 5.56 Å². The molecule has 2 aromatic rings. The Hall–Kier alpha value is -1.30. The highest BCUT2D eigenvalue weighted by molar-refractivity contribution is 7.13. The summed E-state index contributed by atoms with van der Waals surface area (Å²) in [6, 6.07) is 6.65. The van der Waals surface area contributed by atoms with Crippen LogP contribution in [0.5, 0.6) is 0 Å². The molecule has 0 aliphatic rings. The monoisotopic (exact) mass is 302 g/mol. The number of halogens is 2. The second kappa shape index (κ2) is 5.56. The summed E-state index contributed by atoms with van der Waals surface area (Å²) in [5, 5.41) is 16.6. The van der Waals surface area contributed by atoms with Crippen LogP contribution in [0.4, 0.5) is 10.7 Å². The highest BCUT2D eigenvalue weighted by atomic mass is 35.5. The summed E-state index contributed by atoms with van der Waals surface area (Å²) in [5.41, 5.74) is 1.54. The van der Waals surface area contributed by atoms with Crippen LogP contribution in [-0.2, 0) is 6.54 Å². The highest BCUT2D eigenvalue weighted by Gasteiger charge is 2.09. The van der Waals surface area contributed by atoms with E-state index in [1.165, 1.54) is 6.07 Å². The van der Waals surface area contributed by atoms with Gasteiger partial charge in [-0.05, 0) is 23.8 Å². The Morgan fingerprint density at radius 2 is 2.11 bits per heavy atom. The number of nitrogens with zero attached hydrogens (tertiary/aromatic N) is 1. The maximum Gasteiger partial charge on any atom is 0.324 e. The topological polar surface area (TPSA) is 55.2 Å². The van der Waals surface area contributed by atoms with Gasteiger partial charge < -0.3 is 5.32 Å². The van der Waals surface area contributed by atoms with Gasteiger partial charge in [0.25, 0.3) is 0 Å². The molecule has 0 bridgehead atoms. The molecule has 1 heterocycles. The molecule has 2 rings (SSSR count). The molecular formula is C11H8Cl2N2O2S. The minimum Gasteiger partial charge on any atom is -0.380 e. The Morgan fingerprint density at radius 3 is 2.78 bits per heavy atom. The lowest BCUT2D eigenvalue weighted by Crippen LogP contribution is -1.98. The van der Waals surface area contributed by atoms with Gasteiger partial charge in [-0.25, -0.2) is 0 Å². The van der Waals surface area contributed by atoms with Crippen molar-refractivity contribution in [3.8, 4) is 0 Å². The van der Waals surface area contributed by atoms with Crippen LogP contribution in [0, 0.1) is 10.1 Å². The van der Waals surface area contributed by atoms with E-state index in [4.69, 9.17) is 23.2 Å². The minimum atomic E-state index is -0.402. The van der Waals surface area contributed by atoms with Crippen LogP contribution < -0.4 is 5.32 Å². The van der Waals surface area contributed by atoms with E-state index in [1.807, 2.05) is 0 Å². The lowest BCUT2D eigenvalue weighted by Gasteiger charge is -2.07. The first-order chi connectivity index (χ1) is 8.56. The Labute approximate surface area is 117 Å².